The van der Waals surface area contributed by atoms with E-state index in [0.717, 1.165) is 16.5 Å². The molecule has 0 saturated carbocycles. The number of nitrogens with zero attached hydrogens (tertiary/aromatic N) is 2. The van der Waals surface area contributed by atoms with E-state index >= 15 is 0 Å². The Labute approximate surface area is 125 Å². The molecule has 1 aromatic carbocycles. The van der Waals surface area contributed by atoms with Gasteiger partial charge in [0.15, 0.2) is 0 Å². The summed E-state index contributed by atoms with van der Waals surface area (Å²) >= 11 is 5.80. The number of nitrogens with one attached hydrogen (secondary N) is 1. The molecule has 0 aliphatic heterocycles. The molecule has 6 heteroatoms. The summed E-state index contributed by atoms with van der Waals surface area (Å²) in [6, 6.07) is 6.30. The van der Waals surface area contributed by atoms with Gasteiger partial charge in [-0.25, -0.2) is 14.4 Å². The van der Waals surface area contributed by atoms with Crippen molar-refractivity contribution in [1.82, 2.24) is 15.0 Å². The topological polar surface area (TPSA) is 50.8 Å². The van der Waals surface area contributed by atoms with Crippen molar-refractivity contribution in [3.8, 4) is 5.88 Å². The first-order chi connectivity index (χ1) is 10.3. The minimum Gasteiger partial charge on any atom is -0.472 e. The maximum absolute atomic E-state index is 13.2. The Morgan fingerprint density at radius 1 is 1.29 bits per heavy atom. The molecular weight excluding hydrogens is 293 g/mol. The van der Waals surface area contributed by atoms with E-state index < -0.39 is 0 Å². The van der Waals surface area contributed by atoms with Crippen molar-refractivity contribution >= 4 is 22.6 Å². The van der Waals surface area contributed by atoms with Gasteiger partial charge >= 0.3 is 0 Å². The molecule has 0 saturated heterocycles. The smallest absolute Gasteiger partial charge is 0.226 e. The molecule has 108 valence electrons. The summed E-state index contributed by atoms with van der Waals surface area (Å²) in [5.74, 6) is 0.699. The number of fused-ring (bicyclic) bond motifs is 1. The molecule has 2 heterocycles. The molecule has 0 amide bonds. The number of hydrogen-bond acceptors (Lipinski definition) is 3. The molecule has 0 fully saturated rings. The SMILES string of the molecule is Fc1cccc(COc2ncnc3[nH]cc(CCCl)c23)c1. The average Bonchev–Trinajstić information content (AvgIpc) is 2.90. The van der Waals surface area contributed by atoms with Crippen LogP contribution < -0.4 is 4.74 Å². The van der Waals surface area contributed by atoms with Crippen LogP contribution in [0, 0.1) is 5.82 Å². The summed E-state index contributed by atoms with van der Waals surface area (Å²) in [6.07, 6.45) is 3.99. The quantitative estimate of drug-likeness (QED) is 0.734. The van der Waals surface area contributed by atoms with Crippen LogP contribution in [0.1, 0.15) is 11.1 Å². The number of rotatable bonds is 5. The van der Waals surface area contributed by atoms with E-state index in [1.165, 1.54) is 18.5 Å². The minimum atomic E-state index is -0.284. The van der Waals surface area contributed by atoms with E-state index in [4.69, 9.17) is 16.3 Å². The molecule has 21 heavy (non-hydrogen) atoms. The zero-order valence-electron chi connectivity index (χ0n) is 11.1. The lowest BCUT2D eigenvalue weighted by molar-refractivity contribution is 0.297. The van der Waals surface area contributed by atoms with Gasteiger partial charge in [0.2, 0.25) is 5.88 Å². The van der Waals surface area contributed by atoms with Crippen molar-refractivity contribution in [1.29, 1.82) is 0 Å². The van der Waals surface area contributed by atoms with Crippen LogP contribution in [-0.4, -0.2) is 20.8 Å². The highest BCUT2D eigenvalue weighted by atomic mass is 35.5. The Kier molecular flexibility index (Phi) is 4.01. The Morgan fingerprint density at radius 2 is 2.19 bits per heavy atom. The van der Waals surface area contributed by atoms with Crippen molar-refractivity contribution in [2.24, 2.45) is 0 Å². The van der Waals surface area contributed by atoms with Crippen LogP contribution in [0.2, 0.25) is 0 Å². The molecule has 0 aliphatic rings. The van der Waals surface area contributed by atoms with Gasteiger partial charge in [-0.15, -0.1) is 11.6 Å². The number of aryl methyl sites for hydroxylation is 1. The van der Waals surface area contributed by atoms with Crippen molar-refractivity contribution < 1.29 is 9.13 Å². The fraction of sp³-hybridized carbons (Fsp3) is 0.200. The van der Waals surface area contributed by atoms with Gasteiger partial charge in [-0.1, -0.05) is 12.1 Å². The third kappa shape index (κ3) is 2.97. The summed E-state index contributed by atoms with van der Waals surface area (Å²) in [6.45, 7) is 0.245. The van der Waals surface area contributed by atoms with Crippen molar-refractivity contribution in [2.75, 3.05) is 5.88 Å². The van der Waals surface area contributed by atoms with Gasteiger partial charge in [0.25, 0.3) is 0 Å². The fourth-order valence-corrected chi connectivity index (χ4v) is 2.39. The molecule has 1 N–H and O–H groups in total. The van der Waals surface area contributed by atoms with E-state index in [-0.39, 0.29) is 12.4 Å². The predicted molar refractivity (Wildman–Crippen MR) is 79.0 cm³/mol. The highest BCUT2D eigenvalue weighted by molar-refractivity contribution is 6.18. The fourth-order valence-electron chi connectivity index (χ4n) is 2.18. The maximum atomic E-state index is 13.2. The third-order valence-corrected chi connectivity index (χ3v) is 3.33. The summed E-state index contributed by atoms with van der Waals surface area (Å²) in [4.78, 5) is 11.4. The molecule has 3 aromatic rings. The number of aromatic nitrogens is 3. The molecular formula is C15H13ClFN3O. The Hall–Kier alpha value is -2.14. The Morgan fingerprint density at radius 3 is 3.00 bits per heavy atom. The first-order valence-corrected chi connectivity index (χ1v) is 7.05. The van der Waals surface area contributed by atoms with Crippen molar-refractivity contribution in [2.45, 2.75) is 13.0 Å². The molecule has 0 aliphatic carbocycles. The van der Waals surface area contributed by atoms with Crippen molar-refractivity contribution in [3.63, 3.8) is 0 Å². The lowest BCUT2D eigenvalue weighted by atomic mass is 10.2. The summed E-state index contributed by atoms with van der Waals surface area (Å²) in [5.41, 5.74) is 2.46. The van der Waals surface area contributed by atoms with Crippen LogP contribution in [0.3, 0.4) is 0 Å². The van der Waals surface area contributed by atoms with Crippen LogP contribution >= 0.6 is 11.6 Å². The highest BCUT2D eigenvalue weighted by Gasteiger charge is 2.12. The first kappa shape index (κ1) is 13.8. The number of ether oxygens (including phenoxy) is 1. The summed E-state index contributed by atoms with van der Waals surface area (Å²) in [7, 11) is 0. The zero-order valence-corrected chi connectivity index (χ0v) is 11.9. The average molecular weight is 306 g/mol. The van der Waals surface area contributed by atoms with Crippen LogP contribution in [0.4, 0.5) is 4.39 Å². The van der Waals surface area contributed by atoms with Gasteiger partial charge in [0, 0.05) is 12.1 Å². The molecule has 0 unspecified atom stereocenters. The van der Waals surface area contributed by atoms with E-state index in [9.17, 15) is 4.39 Å². The monoisotopic (exact) mass is 305 g/mol. The maximum Gasteiger partial charge on any atom is 0.226 e. The highest BCUT2D eigenvalue weighted by Crippen LogP contribution is 2.26. The number of halogens is 2. The van der Waals surface area contributed by atoms with E-state index in [1.54, 1.807) is 12.1 Å². The zero-order chi connectivity index (χ0) is 14.7. The van der Waals surface area contributed by atoms with Gasteiger partial charge in [0.1, 0.15) is 24.4 Å². The van der Waals surface area contributed by atoms with Gasteiger partial charge in [-0.3, -0.25) is 0 Å². The van der Waals surface area contributed by atoms with Gasteiger partial charge in [-0.2, -0.15) is 0 Å². The van der Waals surface area contributed by atoms with Crippen LogP contribution in [-0.2, 0) is 13.0 Å². The largest absolute Gasteiger partial charge is 0.472 e. The number of alkyl halides is 1. The number of hydrogen-bond donors (Lipinski definition) is 1. The van der Waals surface area contributed by atoms with Gasteiger partial charge in [0.05, 0.1) is 5.39 Å². The van der Waals surface area contributed by atoms with Gasteiger partial charge < -0.3 is 9.72 Å². The van der Waals surface area contributed by atoms with Gasteiger partial charge in [-0.05, 0) is 29.7 Å². The lowest BCUT2D eigenvalue weighted by Crippen LogP contribution is -1.99. The standard InChI is InChI=1S/C15H13ClFN3O/c16-5-4-11-7-18-14-13(11)15(20-9-19-14)21-8-10-2-1-3-12(17)6-10/h1-3,6-7,9H,4-5,8H2,(H,18,19,20). The minimum absolute atomic E-state index is 0.245. The molecule has 3 rings (SSSR count). The summed E-state index contributed by atoms with van der Waals surface area (Å²) < 4.78 is 18.9. The summed E-state index contributed by atoms with van der Waals surface area (Å²) in [5, 5.41) is 0.828. The number of aromatic amines is 1. The molecule has 4 nitrogen and oxygen atoms in total. The lowest BCUT2D eigenvalue weighted by Gasteiger charge is -2.07. The molecule has 2 aromatic heterocycles. The second-order valence-corrected chi connectivity index (χ2v) is 4.95. The Bertz CT molecular complexity index is 760. The Balaban J connectivity index is 1.88. The van der Waals surface area contributed by atoms with E-state index in [0.29, 0.717) is 23.8 Å². The number of benzene rings is 1. The third-order valence-electron chi connectivity index (χ3n) is 3.15. The van der Waals surface area contributed by atoms with E-state index in [2.05, 4.69) is 15.0 Å². The van der Waals surface area contributed by atoms with Crippen LogP contribution in [0.5, 0.6) is 5.88 Å². The molecule has 0 atom stereocenters. The molecule has 0 radical (unpaired) electrons. The second-order valence-electron chi connectivity index (χ2n) is 4.57. The van der Waals surface area contributed by atoms with Crippen molar-refractivity contribution in [3.05, 3.63) is 53.7 Å². The normalized spacial score (nSPS) is 11.0. The molecule has 0 bridgehead atoms. The van der Waals surface area contributed by atoms with E-state index in [1.807, 2.05) is 6.20 Å². The van der Waals surface area contributed by atoms with Crippen LogP contribution in [0.25, 0.3) is 11.0 Å². The molecule has 0 spiro atoms. The van der Waals surface area contributed by atoms with Crippen LogP contribution in [0.15, 0.2) is 36.8 Å². The second kappa shape index (κ2) is 6.10. The first-order valence-electron chi connectivity index (χ1n) is 6.52. The number of H-pyrrole nitrogens is 1. The predicted octanol–water partition coefficient (Wildman–Crippen LogP) is 3.46.